The molecule has 1 N–H and O–H groups in total. The molecule has 1 amide bonds. The van der Waals surface area contributed by atoms with E-state index in [0.717, 1.165) is 60.3 Å². The lowest BCUT2D eigenvalue weighted by Crippen LogP contribution is -2.48. The molecule has 0 aliphatic carbocycles. The smallest absolute Gasteiger partial charge is 0.252 e. The molecule has 1 saturated heterocycles. The molecule has 6 nitrogen and oxygen atoms in total. The van der Waals surface area contributed by atoms with E-state index in [9.17, 15) is 13.6 Å². The summed E-state index contributed by atoms with van der Waals surface area (Å²) in [6.07, 6.45) is 0. The Labute approximate surface area is 220 Å². The lowest BCUT2D eigenvalue weighted by atomic mass is 10.1. The van der Waals surface area contributed by atoms with E-state index < -0.39 is 11.6 Å². The molecule has 188 valence electrons. The Kier molecular flexibility index (Phi) is 6.54. The van der Waals surface area contributed by atoms with Gasteiger partial charge >= 0.3 is 0 Å². The molecule has 0 bridgehead atoms. The minimum Gasteiger partial charge on any atom is -0.351 e. The number of para-hydroxylation sites is 1. The van der Waals surface area contributed by atoms with Crippen LogP contribution in [0.1, 0.15) is 10.4 Å². The highest BCUT2D eigenvalue weighted by molar-refractivity contribution is 7.22. The highest BCUT2D eigenvalue weighted by Gasteiger charge is 2.21. The molecular formula is C27H23F2N5OS2. The number of nitrogens with one attached hydrogen (secondary N) is 1. The van der Waals surface area contributed by atoms with Gasteiger partial charge in [0.15, 0.2) is 10.9 Å². The Bertz CT molecular complexity index is 1580. The lowest BCUT2D eigenvalue weighted by Gasteiger charge is -2.34. The van der Waals surface area contributed by atoms with Crippen LogP contribution in [0.15, 0.2) is 60.0 Å². The Balaban J connectivity index is 1.07. The first kappa shape index (κ1) is 23.9. The van der Waals surface area contributed by atoms with Gasteiger partial charge in [-0.15, -0.1) is 11.3 Å². The second-order valence-corrected chi connectivity index (χ2v) is 10.8. The first-order valence-electron chi connectivity index (χ1n) is 12.0. The van der Waals surface area contributed by atoms with Crippen LogP contribution in [0.25, 0.3) is 31.7 Å². The van der Waals surface area contributed by atoms with Gasteiger partial charge in [0.05, 0.1) is 26.4 Å². The van der Waals surface area contributed by atoms with Crippen molar-refractivity contribution in [2.45, 2.75) is 0 Å². The quantitative estimate of drug-likeness (QED) is 0.315. The number of carbonyl (C=O) groups excluding carboxylic acids is 1. The van der Waals surface area contributed by atoms with Gasteiger partial charge in [-0.25, -0.2) is 18.7 Å². The van der Waals surface area contributed by atoms with Gasteiger partial charge in [-0.05, 0) is 29.6 Å². The number of amides is 1. The number of halogens is 2. The normalized spacial score (nSPS) is 14.5. The minimum atomic E-state index is -0.628. The van der Waals surface area contributed by atoms with Gasteiger partial charge in [0.1, 0.15) is 11.3 Å². The second kappa shape index (κ2) is 10.1. The van der Waals surface area contributed by atoms with E-state index in [1.807, 2.05) is 47.8 Å². The van der Waals surface area contributed by atoms with Crippen LogP contribution in [-0.4, -0.2) is 60.0 Å². The maximum Gasteiger partial charge on any atom is 0.252 e. The van der Waals surface area contributed by atoms with Crippen molar-refractivity contribution in [1.82, 2.24) is 20.2 Å². The van der Waals surface area contributed by atoms with Crippen molar-refractivity contribution in [2.75, 3.05) is 44.2 Å². The molecule has 0 unspecified atom stereocenters. The largest absolute Gasteiger partial charge is 0.351 e. The van der Waals surface area contributed by atoms with Crippen molar-refractivity contribution in [2.24, 2.45) is 0 Å². The number of piperazine rings is 1. The van der Waals surface area contributed by atoms with E-state index in [0.29, 0.717) is 21.9 Å². The number of fused-ring (bicyclic) bond motifs is 2. The molecule has 5 aromatic rings. The van der Waals surface area contributed by atoms with E-state index in [-0.39, 0.29) is 11.4 Å². The van der Waals surface area contributed by atoms with Crippen LogP contribution >= 0.6 is 22.7 Å². The van der Waals surface area contributed by atoms with E-state index in [4.69, 9.17) is 4.98 Å². The summed E-state index contributed by atoms with van der Waals surface area (Å²) in [4.78, 5) is 27.7. The monoisotopic (exact) mass is 535 g/mol. The number of pyridine rings is 1. The van der Waals surface area contributed by atoms with Crippen LogP contribution < -0.4 is 10.2 Å². The molecule has 1 aliphatic rings. The van der Waals surface area contributed by atoms with Crippen molar-refractivity contribution in [1.29, 1.82) is 0 Å². The van der Waals surface area contributed by atoms with Crippen molar-refractivity contribution in [3.8, 4) is 10.6 Å². The summed E-state index contributed by atoms with van der Waals surface area (Å²) in [6.45, 7) is 4.30. The summed E-state index contributed by atoms with van der Waals surface area (Å²) in [7, 11) is 0. The first-order chi connectivity index (χ1) is 18.0. The number of anilines is 1. The van der Waals surface area contributed by atoms with Crippen molar-refractivity contribution in [3.63, 3.8) is 0 Å². The zero-order valence-electron chi connectivity index (χ0n) is 19.8. The molecule has 1 aliphatic heterocycles. The lowest BCUT2D eigenvalue weighted by molar-refractivity contribution is 0.0949. The number of thiazole rings is 1. The fraction of sp³-hybridized carbons (Fsp3) is 0.222. The maximum atomic E-state index is 14.0. The molecule has 0 spiro atoms. The Hall–Kier alpha value is -3.47. The zero-order chi connectivity index (χ0) is 25.4. The van der Waals surface area contributed by atoms with E-state index >= 15 is 0 Å². The fourth-order valence-electron chi connectivity index (χ4n) is 4.58. The molecule has 37 heavy (non-hydrogen) atoms. The molecule has 0 radical (unpaired) electrons. The predicted octanol–water partition coefficient (Wildman–Crippen LogP) is 5.40. The number of carbonyl (C=O) groups is 1. The van der Waals surface area contributed by atoms with E-state index in [2.05, 4.69) is 20.1 Å². The SMILES string of the molecule is O=C(NCCN1CCN(c2nc3c(F)cc(F)cc3s2)CC1)c1cc(-c2cccs2)nc2ccccc12. The van der Waals surface area contributed by atoms with Gasteiger partial charge in [0.25, 0.3) is 5.91 Å². The van der Waals surface area contributed by atoms with Crippen LogP contribution in [-0.2, 0) is 0 Å². The molecule has 2 aromatic carbocycles. The van der Waals surface area contributed by atoms with Gasteiger partial charge < -0.3 is 10.2 Å². The summed E-state index contributed by atoms with van der Waals surface area (Å²) in [5.41, 5.74) is 2.44. The third-order valence-electron chi connectivity index (χ3n) is 6.49. The summed E-state index contributed by atoms with van der Waals surface area (Å²) in [5, 5.41) is 6.62. The van der Waals surface area contributed by atoms with Gasteiger partial charge in [-0.1, -0.05) is 35.6 Å². The van der Waals surface area contributed by atoms with Gasteiger partial charge in [0.2, 0.25) is 0 Å². The number of hydrogen-bond donors (Lipinski definition) is 1. The van der Waals surface area contributed by atoms with E-state index in [1.54, 1.807) is 11.3 Å². The third-order valence-corrected chi connectivity index (χ3v) is 8.45. The Morgan fingerprint density at radius 2 is 1.84 bits per heavy atom. The molecule has 6 rings (SSSR count). The Morgan fingerprint density at radius 1 is 1.00 bits per heavy atom. The molecule has 0 atom stereocenters. The summed E-state index contributed by atoms with van der Waals surface area (Å²) in [5.74, 6) is -1.33. The number of rotatable bonds is 6. The van der Waals surface area contributed by atoms with Crippen molar-refractivity contribution in [3.05, 3.63) is 77.2 Å². The van der Waals surface area contributed by atoms with Crippen molar-refractivity contribution >= 4 is 54.8 Å². The molecule has 1 fully saturated rings. The van der Waals surface area contributed by atoms with Crippen LogP contribution in [0.5, 0.6) is 0 Å². The molecule has 3 aromatic heterocycles. The molecule has 4 heterocycles. The van der Waals surface area contributed by atoms with Crippen LogP contribution in [0.4, 0.5) is 13.9 Å². The predicted molar refractivity (Wildman–Crippen MR) is 146 cm³/mol. The molecular weight excluding hydrogens is 512 g/mol. The average Bonchev–Trinajstić information content (AvgIpc) is 3.59. The van der Waals surface area contributed by atoms with Gasteiger partial charge in [0, 0.05) is 50.7 Å². The topological polar surface area (TPSA) is 61.4 Å². The highest BCUT2D eigenvalue weighted by Crippen LogP contribution is 2.32. The first-order valence-corrected chi connectivity index (χ1v) is 13.7. The number of nitrogens with zero attached hydrogens (tertiary/aromatic N) is 4. The minimum absolute atomic E-state index is 0.112. The van der Waals surface area contributed by atoms with Crippen LogP contribution in [0.2, 0.25) is 0 Å². The summed E-state index contributed by atoms with van der Waals surface area (Å²) >= 11 is 2.91. The van der Waals surface area contributed by atoms with Crippen LogP contribution in [0.3, 0.4) is 0 Å². The fourth-order valence-corrected chi connectivity index (χ4v) is 6.32. The van der Waals surface area contributed by atoms with Crippen molar-refractivity contribution < 1.29 is 13.6 Å². The highest BCUT2D eigenvalue weighted by atomic mass is 32.1. The maximum absolute atomic E-state index is 14.0. The van der Waals surface area contributed by atoms with E-state index in [1.165, 1.54) is 17.4 Å². The number of aromatic nitrogens is 2. The Morgan fingerprint density at radius 3 is 2.65 bits per heavy atom. The second-order valence-electron chi connectivity index (χ2n) is 8.86. The number of hydrogen-bond acceptors (Lipinski definition) is 7. The zero-order valence-corrected chi connectivity index (χ0v) is 21.4. The summed E-state index contributed by atoms with van der Waals surface area (Å²) < 4.78 is 28.1. The number of benzene rings is 2. The molecule has 10 heteroatoms. The molecule has 0 saturated carbocycles. The number of thiophene rings is 1. The standard InChI is InChI=1S/C27H23F2N5OS2/c28-17-14-20(29)25-24(15-17)37-27(32-25)34-11-9-33(10-12-34)8-7-30-26(35)19-16-22(23-6-3-13-36-23)31-21-5-2-1-4-18(19)21/h1-6,13-16H,7-12H2,(H,30,35). The van der Waals surface area contributed by atoms with Crippen LogP contribution in [0, 0.1) is 11.6 Å². The third kappa shape index (κ3) is 4.92. The van der Waals surface area contributed by atoms with Gasteiger partial charge in [-0.2, -0.15) is 0 Å². The van der Waals surface area contributed by atoms with Gasteiger partial charge in [-0.3, -0.25) is 9.69 Å². The average molecular weight is 536 g/mol. The summed E-state index contributed by atoms with van der Waals surface area (Å²) in [6, 6.07) is 15.8.